The van der Waals surface area contributed by atoms with E-state index in [1.807, 2.05) is 24.3 Å². The molecule has 2 rings (SSSR count). The summed E-state index contributed by atoms with van der Waals surface area (Å²) in [7, 11) is 1.51. The van der Waals surface area contributed by atoms with Gasteiger partial charge in [0.15, 0.2) is 5.11 Å². The highest BCUT2D eigenvalue weighted by Gasteiger charge is 2.14. The summed E-state index contributed by atoms with van der Waals surface area (Å²) in [6.07, 6.45) is 0. The topological polar surface area (TPSA) is 50.4 Å². The molecule has 0 saturated heterocycles. The lowest BCUT2D eigenvalue weighted by Crippen LogP contribution is -2.34. The maximum absolute atomic E-state index is 12.3. The van der Waals surface area contributed by atoms with Gasteiger partial charge in [0.2, 0.25) is 0 Å². The molecular weight excluding hydrogens is 432 g/mol. The normalized spacial score (nSPS) is 9.95. The molecule has 22 heavy (non-hydrogen) atoms. The van der Waals surface area contributed by atoms with Crippen LogP contribution in [0.15, 0.2) is 51.4 Å². The fourth-order valence-electron chi connectivity index (χ4n) is 1.72. The van der Waals surface area contributed by atoms with Crippen molar-refractivity contribution < 1.29 is 9.53 Å². The average molecular weight is 444 g/mol. The largest absolute Gasteiger partial charge is 0.496 e. The number of thiocarbonyl (C=S) groups is 1. The smallest absolute Gasteiger partial charge is 0.261 e. The Bertz CT molecular complexity index is 705. The summed E-state index contributed by atoms with van der Waals surface area (Å²) in [5, 5.41) is 5.80. The van der Waals surface area contributed by atoms with Gasteiger partial charge in [0.1, 0.15) is 5.75 Å². The van der Waals surface area contributed by atoms with Crippen molar-refractivity contribution in [3.8, 4) is 5.75 Å². The van der Waals surface area contributed by atoms with Crippen molar-refractivity contribution in [3.05, 3.63) is 57.0 Å². The summed E-state index contributed by atoms with van der Waals surface area (Å²) >= 11 is 11.8. The highest BCUT2D eigenvalue weighted by atomic mass is 79.9. The molecule has 0 spiro atoms. The molecule has 0 aliphatic heterocycles. The zero-order valence-electron chi connectivity index (χ0n) is 11.5. The summed E-state index contributed by atoms with van der Waals surface area (Å²) in [5.41, 5.74) is 1.19. The second kappa shape index (κ2) is 7.71. The third kappa shape index (κ3) is 4.53. The first-order valence-electron chi connectivity index (χ1n) is 6.21. The number of anilines is 1. The standard InChI is InChI=1S/C15H12Br2N2O2S/c1-21-13-7-4-10(17)8-12(13)14(20)19-15(22)18-11-5-2-9(16)3-6-11/h2-8H,1H3,(H2,18,19,20,22). The Labute approximate surface area is 150 Å². The van der Waals surface area contributed by atoms with E-state index in [9.17, 15) is 4.79 Å². The number of carbonyl (C=O) groups is 1. The number of halogens is 2. The van der Waals surface area contributed by atoms with Crippen molar-refractivity contribution in [1.29, 1.82) is 0 Å². The molecule has 0 radical (unpaired) electrons. The fourth-order valence-corrected chi connectivity index (χ4v) is 2.56. The highest BCUT2D eigenvalue weighted by Crippen LogP contribution is 2.22. The lowest BCUT2D eigenvalue weighted by Gasteiger charge is -2.12. The third-order valence-corrected chi connectivity index (χ3v) is 3.96. The number of amides is 1. The Balaban J connectivity index is 2.06. The van der Waals surface area contributed by atoms with E-state index in [2.05, 4.69) is 42.5 Å². The number of methoxy groups -OCH3 is 1. The summed E-state index contributed by atoms with van der Waals surface area (Å²) in [4.78, 5) is 12.3. The molecule has 0 bridgehead atoms. The molecular formula is C15H12Br2N2O2S. The van der Waals surface area contributed by atoms with Gasteiger partial charge >= 0.3 is 0 Å². The molecule has 0 aliphatic rings. The number of ether oxygens (including phenoxy) is 1. The van der Waals surface area contributed by atoms with E-state index in [1.54, 1.807) is 18.2 Å². The van der Waals surface area contributed by atoms with E-state index < -0.39 is 0 Å². The van der Waals surface area contributed by atoms with Gasteiger partial charge in [-0.15, -0.1) is 0 Å². The van der Waals surface area contributed by atoms with Crippen LogP contribution in [0.5, 0.6) is 5.75 Å². The van der Waals surface area contributed by atoms with E-state index >= 15 is 0 Å². The first-order chi connectivity index (χ1) is 10.5. The number of hydrogen-bond donors (Lipinski definition) is 2. The molecule has 2 N–H and O–H groups in total. The number of nitrogens with one attached hydrogen (secondary N) is 2. The number of carbonyl (C=O) groups excluding carboxylic acids is 1. The molecule has 0 atom stereocenters. The van der Waals surface area contributed by atoms with Crippen LogP contribution in [-0.2, 0) is 0 Å². The second-order valence-electron chi connectivity index (χ2n) is 4.26. The molecule has 0 aliphatic carbocycles. The lowest BCUT2D eigenvalue weighted by atomic mass is 10.2. The maximum Gasteiger partial charge on any atom is 0.261 e. The zero-order chi connectivity index (χ0) is 16.1. The van der Waals surface area contributed by atoms with Crippen molar-refractivity contribution in [1.82, 2.24) is 5.32 Å². The minimum Gasteiger partial charge on any atom is -0.496 e. The van der Waals surface area contributed by atoms with Crippen LogP contribution in [0.2, 0.25) is 0 Å². The number of hydrogen-bond acceptors (Lipinski definition) is 3. The van der Waals surface area contributed by atoms with E-state index in [1.165, 1.54) is 7.11 Å². The molecule has 2 aromatic carbocycles. The van der Waals surface area contributed by atoms with Crippen LogP contribution >= 0.6 is 44.1 Å². The fraction of sp³-hybridized carbons (Fsp3) is 0.0667. The molecule has 0 aromatic heterocycles. The van der Waals surface area contributed by atoms with Gasteiger partial charge in [0.25, 0.3) is 5.91 Å². The van der Waals surface area contributed by atoms with Gasteiger partial charge in [-0.3, -0.25) is 10.1 Å². The van der Waals surface area contributed by atoms with Gasteiger partial charge in [0, 0.05) is 14.6 Å². The Morgan fingerprint density at radius 3 is 2.36 bits per heavy atom. The average Bonchev–Trinajstić information content (AvgIpc) is 2.49. The van der Waals surface area contributed by atoms with Crippen molar-refractivity contribution >= 4 is 60.8 Å². The van der Waals surface area contributed by atoms with Crippen molar-refractivity contribution in [2.45, 2.75) is 0 Å². The summed E-state index contributed by atoms with van der Waals surface area (Å²) in [5.74, 6) is 0.139. The molecule has 7 heteroatoms. The lowest BCUT2D eigenvalue weighted by molar-refractivity contribution is 0.0974. The van der Waals surface area contributed by atoms with Gasteiger partial charge in [-0.1, -0.05) is 31.9 Å². The van der Waals surface area contributed by atoms with Crippen LogP contribution in [0, 0.1) is 0 Å². The Morgan fingerprint density at radius 2 is 1.73 bits per heavy atom. The highest BCUT2D eigenvalue weighted by molar-refractivity contribution is 9.10. The van der Waals surface area contributed by atoms with Crippen LogP contribution in [0.1, 0.15) is 10.4 Å². The van der Waals surface area contributed by atoms with Crippen LogP contribution in [0.3, 0.4) is 0 Å². The summed E-state index contributed by atoms with van der Waals surface area (Å²) in [6, 6.07) is 12.6. The third-order valence-electron chi connectivity index (χ3n) is 2.74. The minimum absolute atomic E-state index is 0.217. The first kappa shape index (κ1) is 16.9. The second-order valence-corrected chi connectivity index (χ2v) is 6.50. The first-order valence-corrected chi connectivity index (χ1v) is 8.20. The van der Waals surface area contributed by atoms with E-state index in [4.69, 9.17) is 17.0 Å². The van der Waals surface area contributed by atoms with Gasteiger partial charge < -0.3 is 10.1 Å². The molecule has 4 nitrogen and oxygen atoms in total. The van der Waals surface area contributed by atoms with Crippen LogP contribution in [0.25, 0.3) is 0 Å². The molecule has 2 aromatic rings. The predicted molar refractivity (Wildman–Crippen MR) is 98.5 cm³/mol. The predicted octanol–water partition coefficient (Wildman–Crippen LogP) is 4.35. The van der Waals surface area contributed by atoms with E-state index in [-0.39, 0.29) is 11.0 Å². The molecule has 0 unspecified atom stereocenters. The number of benzene rings is 2. The maximum atomic E-state index is 12.3. The van der Waals surface area contributed by atoms with Gasteiger partial charge in [-0.05, 0) is 54.7 Å². The van der Waals surface area contributed by atoms with E-state index in [0.717, 1.165) is 14.6 Å². The zero-order valence-corrected chi connectivity index (χ0v) is 15.5. The summed E-state index contributed by atoms with van der Waals surface area (Å²) < 4.78 is 6.93. The van der Waals surface area contributed by atoms with Gasteiger partial charge in [-0.2, -0.15) is 0 Å². The van der Waals surface area contributed by atoms with Crippen molar-refractivity contribution in [2.75, 3.05) is 12.4 Å². The number of rotatable bonds is 3. The van der Waals surface area contributed by atoms with E-state index in [0.29, 0.717) is 11.3 Å². The van der Waals surface area contributed by atoms with Gasteiger partial charge in [-0.25, -0.2) is 0 Å². The molecule has 0 fully saturated rings. The molecule has 0 heterocycles. The Morgan fingerprint density at radius 1 is 1.09 bits per heavy atom. The minimum atomic E-state index is -0.340. The van der Waals surface area contributed by atoms with Crippen LogP contribution in [0.4, 0.5) is 5.69 Å². The SMILES string of the molecule is COc1ccc(Br)cc1C(=O)NC(=S)Nc1ccc(Br)cc1. The van der Waals surface area contributed by atoms with Crippen LogP contribution in [-0.4, -0.2) is 18.1 Å². The molecule has 1 amide bonds. The quantitative estimate of drug-likeness (QED) is 0.692. The Kier molecular flexibility index (Phi) is 5.93. The van der Waals surface area contributed by atoms with Crippen LogP contribution < -0.4 is 15.4 Å². The molecule has 114 valence electrons. The molecule has 0 saturated carbocycles. The van der Waals surface area contributed by atoms with Crippen molar-refractivity contribution in [3.63, 3.8) is 0 Å². The monoisotopic (exact) mass is 442 g/mol. The van der Waals surface area contributed by atoms with Crippen molar-refractivity contribution in [2.24, 2.45) is 0 Å². The summed E-state index contributed by atoms with van der Waals surface area (Å²) in [6.45, 7) is 0. The van der Waals surface area contributed by atoms with Gasteiger partial charge in [0.05, 0.1) is 12.7 Å². The Hall–Kier alpha value is -1.44.